The molecule has 0 fully saturated rings. The maximum Gasteiger partial charge on any atom is 2.00 e. The molecule has 0 aromatic carbocycles. The summed E-state index contributed by atoms with van der Waals surface area (Å²) in [4.78, 5) is 17.8. The van der Waals surface area contributed by atoms with Gasteiger partial charge >= 0.3 is 16.8 Å². The van der Waals surface area contributed by atoms with Crippen molar-refractivity contribution in [1.29, 1.82) is 0 Å². The van der Waals surface area contributed by atoms with Gasteiger partial charge in [0.1, 0.15) is 0 Å². The van der Waals surface area contributed by atoms with Crippen molar-refractivity contribution >= 4 is 11.9 Å². The quantitative estimate of drug-likeness (QED) is 0.464. The molecule has 6 heteroatoms. The fourth-order valence-electron chi connectivity index (χ4n) is 0. The van der Waals surface area contributed by atoms with Crippen LogP contribution in [0, 0.1) is 0 Å². The summed E-state index contributed by atoms with van der Waals surface area (Å²) in [6.45, 7) is 1.94. The number of carbonyl (C=O) groups is 2. The molecule has 0 saturated carbocycles. The van der Waals surface area contributed by atoms with E-state index in [-0.39, 0.29) is 22.9 Å². The first-order valence-corrected chi connectivity index (χ1v) is 1.82. The Labute approximate surface area is 69.2 Å². The average Bonchev–Trinajstić information content (AvgIpc) is 1.25. The zero-order valence-electron chi connectivity index (χ0n) is 5.67. The molecule has 0 aliphatic carbocycles. The molecule has 0 spiro atoms. The van der Waals surface area contributed by atoms with Crippen LogP contribution in [0.25, 0.3) is 0 Å². The predicted molar refractivity (Wildman–Crippen MR) is 26.4 cm³/mol. The maximum absolute atomic E-state index is 8.89. The minimum absolute atomic E-state index is 0. The van der Waals surface area contributed by atoms with Crippen LogP contribution in [0.5, 0.6) is 0 Å². The zero-order valence-corrected chi connectivity index (χ0v) is 6.71. The summed E-state index contributed by atoms with van der Waals surface area (Å²) in [6.07, 6.45) is 0. The van der Waals surface area contributed by atoms with Crippen LogP contribution in [-0.4, -0.2) is 11.9 Å². The molecule has 0 aliphatic rings. The van der Waals surface area contributed by atoms with Gasteiger partial charge in [-0.2, -0.15) is 0 Å². The summed E-state index contributed by atoms with van der Waals surface area (Å²) in [7, 11) is 0. The van der Waals surface area contributed by atoms with Gasteiger partial charge in [0.15, 0.2) is 0 Å². The van der Waals surface area contributed by atoms with E-state index < -0.39 is 11.9 Å². The number of carboxylic acids is 2. The van der Waals surface area contributed by atoms with E-state index in [0.29, 0.717) is 0 Å². The molecule has 0 aromatic heterocycles. The van der Waals surface area contributed by atoms with Crippen molar-refractivity contribution in [3.63, 3.8) is 0 Å². The van der Waals surface area contributed by atoms with Gasteiger partial charge in [0.05, 0.1) is 0 Å². The van der Waals surface area contributed by atoms with Crippen LogP contribution < -0.4 is 16.4 Å². The summed E-state index contributed by atoms with van der Waals surface area (Å²) >= 11 is 0. The molecule has 0 aliphatic heterocycles. The third kappa shape index (κ3) is 863. The van der Waals surface area contributed by atoms with Crippen molar-refractivity contribution in [1.82, 2.24) is 6.15 Å². The fraction of sp³-hybridized carbons (Fsp3) is 0.500. The Hall–Kier alpha value is -0.594. The second-order valence-corrected chi connectivity index (χ2v) is 0.983. The van der Waals surface area contributed by atoms with Gasteiger partial charge in [0, 0.05) is 11.9 Å². The average molecular weight is 194 g/mol. The summed E-state index contributed by atoms with van der Waals surface area (Å²) in [5, 5.41) is 17.8. The summed E-state index contributed by atoms with van der Waals surface area (Å²) in [6, 6.07) is 0. The van der Waals surface area contributed by atoms with Crippen LogP contribution in [0.2, 0.25) is 0 Å². The van der Waals surface area contributed by atoms with Crippen molar-refractivity contribution in [2.45, 2.75) is 13.8 Å². The van der Waals surface area contributed by atoms with E-state index in [2.05, 4.69) is 0 Å². The van der Waals surface area contributed by atoms with E-state index >= 15 is 0 Å². The normalized spacial score (nSPS) is 5.00. The molecule has 0 bridgehead atoms. The van der Waals surface area contributed by atoms with Crippen molar-refractivity contribution < 1.29 is 36.6 Å². The topological polar surface area (TPSA) is 115 Å². The molecular weight excluding hydrogens is 185 g/mol. The second kappa shape index (κ2) is 15.8. The standard InChI is InChI=1S/2C2H4O2.Co.H3N/c2*1-2(3)4;;/h2*1H3,(H,3,4);;1H3/q;;+2;/p-2. The van der Waals surface area contributed by atoms with Crippen LogP contribution >= 0.6 is 0 Å². The Morgan fingerprint density at radius 2 is 1.00 bits per heavy atom. The number of hydrogen-bond acceptors (Lipinski definition) is 5. The molecule has 0 saturated heterocycles. The predicted octanol–water partition coefficient (Wildman–Crippen LogP) is -2.33. The van der Waals surface area contributed by atoms with Gasteiger partial charge in [-0.1, -0.05) is 0 Å². The van der Waals surface area contributed by atoms with E-state index in [1.165, 1.54) is 0 Å². The molecule has 0 heterocycles. The summed E-state index contributed by atoms with van der Waals surface area (Å²) in [5.41, 5.74) is 0. The Morgan fingerprint density at radius 1 is 1.00 bits per heavy atom. The van der Waals surface area contributed by atoms with Gasteiger partial charge < -0.3 is 26.0 Å². The van der Waals surface area contributed by atoms with Gasteiger partial charge in [-0.05, 0) is 13.8 Å². The first-order valence-electron chi connectivity index (χ1n) is 1.82. The van der Waals surface area contributed by atoms with Crippen molar-refractivity contribution in [3.05, 3.63) is 0 Å². The maximum atomic E-state index is 8.89. The third-order valence-electron chi connectivity index (χ3n) is 0. The smallest absolute Gasteiger partial charge is 0.550 e. The molecule has 0 amide bonds. The van der Waals surface area contributed by atoms with Crippen LogP contribution in [0.15, 0.2) is 0 Å². The molecule has 0 aromatic rings. The SMILES string of the molecule is CC(=O)[O-].CC(=O)[O-].N.[Co+2]. The van der Waals surface area contributed by atoms with Crippen molar-refractivity contribution in [3.8, 4) is 0 Å². The van der Waals surface area contributed by atoms with Crippen LogP contribution in [0.1, 0.15) is 13.8 Å². The van der Waals surface area contributed by atoms with Gasteiger partial charge in [-0.3, -0.25) is 0 Å². The summed E-state index contributed by atoms with van der Waals surface area (Å²) in [5.74, 6) is -2.17. The second-order valence-electron chi connectivity index (χ2n) is 0.983. The molecule has 1 radical (unpaired) electrons. The van der Waals surface area contributed by atoms with E-state index in [4.69, 9.17) is 19.8 Å². The Kier molecular flexibility index (Phi) is 35.9. The van der Waals surface area contributed by atoms with Crippen LogP contribution in [0.3, 0.4) is 0 Å². The third-order valence-corrected chi connectivity index (χ3v) is 0. The molecule has 0 atom stereocenters. The number of rotatable bonds is 0. The van der Waals surface area contributed by atoms with E-state index in [9.17, 15) is 0 Å². The molecule has 3 N–H and O–H groups in total. The van der Waals surface area contributed by atoms with E-state index in [1.54, 1.807) is 0 Å². The molecule has 0 unspecified atom stereocenters. The minimum Gasteiger partial charge on any atom is -0.550 e. The fourth-order valence-corrected chi connectivity index (χ4v) is 0. The number of carboxylic acid groups (broad SMARTS) is 2. The molecule has 10 heavy (non-hydrogen) atoms. The Bertz CT molecular complexity index is 75.3. The van der Waals surface area contributed by atoms with Crippen LogP contribution in [-0.2, 0) is 26.4 Å². The Morgan fingerprint density at radius 3 is 1.00 bits per heavy atom. The van der Waals surface area contributed by atoms with Gasteiger partial charge in [-0.15, -0.1) is 0 Å². The van der Waals surface area contributed by atoms with E-state index in [0.717, 1.165) is 13.8 Å². The van der Waals surface area contributed by atoms with Crippen molar-refractivity contribution in [2.75, 3.05) is 0 Å². The van der Waals surface area contributed by atoms with Crippen LogP contribution in [0.4, 0.5) is 0 Å². The van der Waals surface area contributed by atoms with E-state index in [1.807, 2.05) is 0 Å². The molecule has 0 rings (SSSR count). The number of carbonyl (C=O) groups excluding carboxylic acids is 2. The molecule has 63 valence electrons. The first-order chi connectivity index (χ1) is 3.46. The van der Waals surface area contributed by atoms with Gasteiger partial charge in [0.25, 0.3) is 0 Å². The van der Waals surface area contributed by atoms with Crippen molar-refractivity contribution in [2.24, 2.45) is 0 Å². The number of aliphatic carboxylic acids is 2. The zero-order chi connectivity index (χ0) is 7.15. The van der Waals surface area contributed by atoms with Gasteiger partial charge in [0.2, 0.25) is 0 Å². The largest absolute Gasteiger partial charge is 2.00 e. The monoisotopic (exact) mass is 194 g/mol. The number of hydrogen-bond donors (Lipinski definition) is 1. The van der Waals surface area contributed by atoms with Gasteiger partial charge in [-0.25, -0.2) is 0 Å². The first kappa shape index (κ1) is 22.7. The Balaban J connectivity index is -0.0000000300. The summed E-state index contributed by atoms with van der Waals surface area (Å²) < 4.78 is 0. The minimum atomic E-state index is -1.08. The molecule has 5 nitrogen and oxygen atoms in total. The molecular formula is C4H9CoNO4.